The summed E-state index contributed by atoms with van der Waals surface area (Å²) in [6.45, 7) is 2.84. The monoisotopic (exact) mass is 629 g/mol. The van der Waals surface area contributed by atoms with Crippen molar-refractivity contribution in [1.82, 2.24) is 21.3 Å². The Morgan fingerprint density at radius 1 is 1.07 bits per heavy atom. The standard InChI is InChI=1S/C28H51N7O9/c1-27(39)12-41-25(20(37)23(27)32-2)44-22-18(35-26(38)28(40)10-34-11-28)7-17(31)21(19(22)36)43-24-16(30)4-3-15(42-24)9-33-8-13-5-14(29)6-13/h3,13-14,16-25,32-34,36-37,39-40H,4-12,29-31H2,1-2H3,(H,35,38)/t13?,14?,16-,17+,18-,19+,20-,21-,22+,23-,24-,25-,27+/m1/s1. The zero-order chi connectivity index (χ0) is 31.8. The van der Waals surface area contributed by atoms with E-state index in [9.17, 15) is 25.2 Å². The number of carbonyl (C=O) groups is 1. The summed E-state index contributed by atoms with van der Waals surface area (Å²) in [5, 5.41) is 55.8. The number of amides is 1. The first kappa shape index (κ1) is 33.8. The Balaban J connectivity index is 1.27. The number of nitrogens with one attached hydrogen (secondary N) is 4. The van der Waals surface area contributed by atoms with Gasteiger partial charge in [-0.1, -0.05) is 0 Å². The molecule has 0 aromatic heterocycles. The van der Waals surface area contributed by atoms with E-state index >= 15 is 0 Å². The molecule has 3 aliphatic heterocycles. The number of β-amino-alcohol motifs (C(OH)–C–C–N with tert-alkyl or cyclic N) is 1. The fourth-order valence-corrected chi connectivity index (χ4v) is 6.70. The van der Waals surface area contributed by atoms with Gasteiger partial charge >= 0.3 is 0 Å². The van der Waals surface area contributed by atoms with Crippen LogP contribution in [0.5, 0.6) is 0 Å². The Bertz CT molecular complexity index is 1030. The minimum absolute atomic E-state index is 0.0800. The van der Waals surface area contributed by atoms with Gasteiger partial charge in [-0.3, -0.25) is 4.79 Å². The first-order chi connectivity index (χ1) is 20.8. The largest absolute Gasteiger partial charge is 0.467 e. The lowest BCUT2D eigenvalue weighted by Gasteiger charge is -2.49. The van der Waals surface area contributed by atoms with Gasteiger partial charge in [0.1, 0.15) is 35.8 Å². The highest BCUT2D eigenvalue weighted by molar-refractivity contribution is 5.87. The molecule has 252 valence electrons. The van der Waals surface area contributed by atoms with Crippen molar-refractivity contribution >= 4 is 5.91 Å². The lowest BCUT2D eigenvalue weighted by Crippen LogP contribution is -2.72. The van der Waals surface area contributed by atoms with Gasteiger partial charge in [0, 0.05) is 25.2 Å². The number of hydrogen-bond acceptors (Lipinski definition) is 15. The van der Waals surface area contributed by atoms with Crippen LogP contribution >= 0.6 is 0 Å². The molecule has 0 aromatic rings. The molecule has 0 bridgehead atoms. The lowest BCUT2D eigenvalue weighted by molar-refractivity contribution is -0.304. The van der Waals surface area contributed by atoms with Crippen LogP contribution in [0.4, 0.5) is 0 Å². The summed E-state index contributed by atoms with van der Waals surface area (Å²) in [6, 6.07) is -2.70. The van der Waals surface area contributed by atoms with Crippen molar-refractivity contribution in [2.45, 2.75) is 111 Å². The third-order valence-corrected chi connectivity index (χ3v) is 9.55. The molecule has 4 fully saturated rings. The number of rotatable bonds is 11. The van der Waals surface area contributed by atoms with E-state index in [1.54, 1.807) is 7.05 Å². The van der Waals surface area contributed by atoms with E-state index in [4.69, 9.17) is 36.1 Å². The van der Waals surface area contributed by atoms with Crippen LogP contribution in [-0.4, -0.2) is 145 Å². The number of aliphatic hydroxyl groups is 4. The molecular weight excluding hydrogens is 578 g/mol. The van der Waals surface area contributed by atoms with Gasteiger partial charge in [0.05, 0.1) is 31.3 Å². The molecule has 2 saturated heterocycles. The summed E-state index contributed by atoms with van der Waals surface area (Å²) in [6.07, 6.45) is -2.62. The van der Waals surface area contributed by atoms with Gasteiger partial charge in [-0.15, -0.1) is 0 Å². The van der Waals surface area contributed by atoms with Gasteiger partial charge in [-0.2, -0.15) is 0 Å². The van der Waals surface area contributed by atoms with E-state index in [0.717, 1.165) is 19.4 Å². The van der Waals surface area contributed by atoms with Crippen LogP contribution in [0.1, 0.15) is 32.6 Å². The maximum absolute atomic E-state index is 13.0. The molecule has 16 nitrogen and oxygen atoms in total. The molecule has 2 saturated carbocycles. The Hall–Kier alpha value is -1.51. The van der Waals surface area contributed by atoms with Crippen LogP contribution in [0.2, 0.25) is 0 Å². The van der Waals surface area contributed by atoms with Crippen LogP contribution in [-0.2, 0) is 23.7 Å². The van der Waals surface area contributed by atoms with Crippen LogP contribution in [0.15, 0.2) is 11.8 Å². The van der Waals surface area contributed by atoms with Crippen molar-refractivity contribution in [1.29, 1.82) is 0 Å². The summed E-state index contributed by atoms with van der Waals surface area (Å²) < 4.78 is 24.1. The molecule has 3 heterocycles. The summed E-state index contributed by atoms with van der Waals surface area (Å²) in [5.41, 5.74) is 15.7. The third kappa shape index (κ3) is 7.22. The fraction of sp³-hybridized carbons (Fsp3) is 0.893. The maximum atomic E-state index is 13.0. The summed E-state index contributed by atoms with van der Waals surface area (Å²) >= 11 is 0. The predicted octanol–water partition coefficient (Wildman–Crippen LogP) is -4.99. The lowest BCUT2D eigenvalue weighted by atomic mass is 9.81. The molecule has 0 radical (unpaired) electrons. The van der Waals surface area contributed by atoms with Crippen molar-refractivity contribution in [3.8, 4) is 0 Å². The average molecular weight is 630 g/mol. The highest BCUT2D eigenvalue weighted by atomic mass is 16.7. The molecule has 0 spiro atoms. The molecule has 16 heteroatoms. The Labute approximate surface area is 257 Å². The number of carbonyl (C=O) groups excluding carboxylic acids is 1. The molecule has 11 atom stereocenters. The van der Waals surface area contributed by atoms with Gasteiger partial charge in [-0.05, 0) is 58.2 Å². The zero-order valence-electron chi connectivity index (χ0n) is 25.4. The Morgan fingerprint density at radius 3 is 2.41 bits per heavy atom. The van der Waals surface area contributed by atoms with E-state index in [0.29, 0.717) is 24.6 Å². The molecule has 44 heavy (non-hydrogen) atoms. The topological polar surface area (TPSA) is 261 Å². The molecule has 0 unspecified atom stereocenters. The van der Waals surface area contributed by atoms with Crippen molar-refractivity contribution in [3.63, 3.8) is 0 Å². The summed E-state index contributed by atoms with van der Waals surface area (Å²) in [5.74, 6) is 0.577. The second-order valence-corrected chi connectivity index (χ2v) is 13.4. The van der Waals surface area contributed by atoms with E-state index in [1.807, 2.05) is 6.08 Å². The van der Waals surface area contributed by atoms with Crippen molar-refractivity contribution < 1.29 is 44.2 Å². The maximum Gasteiger partial charge on any atom is 0.254 e. The van der Waals surface area contributed by atoms with Gasteiger partial charge < -0.3 is 77.8 Å². The first-order valence-electron chi connectivity index (χ1n) is 15.6. The van der Waals surface area contributed by atoms with Crippen LogP contribution in [0.3, 0.4) is 0 Å². The van der Waals surface area contributed by atoms with E-state index in [-0.39, 0.29) is 32.2 Å². The molecule has 14 N–H and O–H groups in total. The minimum Gasteiger partial charge on any atom is -0.467 e. The van der Waals surface area contributed by atoms with E-state index < -0.39 is 78.3 Å². The highest BCUT2D eigenvalue weighted by Gasteiger charge is 2.53. The van der Waals surface area contributed by atoms with Crippen molar-refractivity contribution in [2.24, 2.45) is 23.1 Å². The summed E-state index contributed by atoms with van der Waals surface area (Å²) in [7, 11) is 1.59. The predicted molar refractivity (Wildman–Crippen MR) is 156 cm³/mol. The molecular formula is C28H51N7O9. The van der Waals surface area contributed by atoms with Crippen LogP contribution < -0.4 is 38.5 Å². The van der Waals surface area contributed by atoms with Gasteiger partial charge in [0.2, 0.25) is 6.29 Å². The van der Waals surface area contributed by atoms with Gasteiger partial charge in [0.15, 0.2) is 11.9 Å². The second-order valence-electron chi connectivity index (χ2n) is 13.4. The zero-order valence-corrected chi connectivity index (χ0v) is 25.4. The smallest absolute Gasteiger partial charge is 0.254 e. The quantitative estimate of drug-likeness (QED) is 0.102. The third-order valence-electron chi connectivity index (χ3n) is 9.55. The fourth-order valence-electron chi connectivity index (χ4n) is 6.70. The van der Waals surface area contributed by atoms with Gasteiger partial charge in [0.25, 0.3) is 5.91 Å². The number of likely N-dealkylation sites (N-methyl/N-ethyl adjacent to an activating group) is 1. The number of hydrogen-bond donors (Lipinski definition) is 11. The van der Waals surface area contributed by atoms with Crippen LogP contribution in [0, 0.1) is 5.92 Å². The summed E-state index contributed by atoms with van der Waals surface area (Å²) in [4.78, 5) is 13.0. The van der Waals surface area contributed by atoms with Crippen molar-refractivity contribution in [2.75, 3.05) is 39.8 Å². The Kier molecular flexibility index (Phi) is 10.5. The van der Waals surface area contributed by atoms with Gasteiger partial charge in [-0.25, -0.2) is 0 Å². The first-order valence-corrected chi connectivity index (χ1v) is 15.6. The minimum atomic E-state index is -1.60. The number of ether oxygens (including phenoxy) is 4. The second kappa shape index (κ2) is 13.7. The normalized spacial score (nSPS) is 45.3. The van der Waals surface area contributed by atoms with Crippen molar-refractivity contribution in [3.05, 3.63) is 11.8 Å². The SMILES string of the molecule is CN[C@@H]1[C@@H](O)[C@@H](O[C@@H]2[C@@H](O)[C@H](O[C@H]3OC(CNCC4CC(N)C4)=CC[C@H]3N)[C@@H](N)C[C@H]2NC(=O)C2(O)CNC2)OC[C@]1(C)O. The number of aliphatic hydroxyl groups excluding tert-OH is 2. The average Bonchev–Trinajstić information content (AvgIpc) is 2.93. The Morgan fingerprint density at radius 2 is 1.77 bits per heavy atom. The molecule has 1 amide bonds. The van der Waals surface area contributed by atoms with E-state index in [2.05, 4.69) is 21.3 Å². The molecule has 5 rings (SSSR count). The molecule has 0 aromatic carbocycles. The highest BCUT2D eigenvalue weighted by Crippen LogP contribution is 2.32. The molecule has 2 aliphatic carbocycles. The molecule has 5 aliphatic rings. The van der Waals surface area contributed by atoms with Crippen LogP contribution in [0.25, 0.3) is 0 Å². The number of nitrogens with two attached hydrogens (primary N) is 3. The van der Waals surface area contributed by atoms with E-state index in [1.165, 1.54) is 6.92 Å².